The molecule has 0 saturated heterocycles. The fourth-order valence-corrected chi connectivity index (χ4v) is 2.43. The fraction of sp³-hybridized carbons (Fsp3) is 0.786. The first-order valence-corrected chi connectivity index (χ1v) is 7.77. The summed E-state index contributed by atoms with van der Waals surface area (Å²) in [7, 11) is 1.69. The number of nitrogens with one attached hydrogen (secondary N) is 2. The molecule has 1 aliphatic heterocycles. The summed E-state index contributed by atoms with van der Waals surface area (Å²) in [6, 6.07) is 0. The van der Waals surface area contributed by atoms with E-state index in [2.05, 4.69) is 37.3 Å². The van der Waals surface area contributed by atoms with Gasteiger partial charge in [0.2, 0.25) is 0 Å². The van der Waals surface area contributed by atoms with Crippen LogP contribution in [-0.2, 0) is 24.2 Å². The predicted octanol–water partition coefficient (Wildman–Crippen LogP) is 0.706. The smallest absolute Gasteiger partial charge is 0.191 e. The highest BCUT2D eigenvalue weighted by atomic mass is 16.5. The number of methoxy groups -OCH3 is 1. The second-order valence-electron chi connectivity index (χ2n) is 5.11. The number of ether oxygens (including phenoxy) is 1. The number of aryl methyl sites for hydroxylation is 1. The second kappa shape index (κ2) is 8.61. The molecule has 118 valence electrons. The number of guanidine groups is 1. The van der Waals surface area contributed by atoms with Gasteiger partial charge in [-0.15, -0.1) is 10.2 Å². The average Bonchev–Trinajstić information content (AvgIpc) is 2.72. The summed E-state index contributed by atoms with van der Waals surface area (Å²) in [5.74, 6) is 2.85. The maximum atomic E-state index is 5.04. The molecule has 0 amide bonds. The first kappa shape index (κ1) is 15.8. The van der Waals surface area contributed by atoms with Gasteiger partial charge in [-0.3, -0.25) is 0 Å². The van der Waals surface area contributed by atoms with Crippen LogP contribution in [0.25, 0.3) is 0 Å². The zero-order valence-electron chi connectivity index (χ0n) is 13.1. The van der Waals surface area contributed by atoms with Gasteiger partial charge in [-0.2, -0.15) is 0 Å². The Labute approximate surface area is 126 Å². The number of aromatic nitrogens is 3. The van der Waals surface area contributed by atoms with Crippen LogP contribution < -0.4 is 10.6 Å². The summed E-state index contributed by atoms with van der Waals surface area (Å²) < 4.78 is 7.27. The first-order chi connectivity index (χ1) is 10.3. The fourth-order valence-electron chi connectivity index (χ4n) is 2.43. The highest BCUT2D eigenvalue weighted by Gasteiger charge is 2.14. The van der Waals surface area contributed by atoms with E-state index >= 15 is 0 Å². The van der Waals surface area contributed by atoms with Crippen LogP contribution in [0.3, 0.4) is 0 Å². The molecule has 0 saturated carbocycles. The van der Waals surface area contributed by atoms with Gasteiger partial charge in [0.15, 0.2) is 11.8 Å². The van der Waals surface area contributed by atoms with E-state index in [9.17, 15) is 0 Å². The highest BCUT2D eigenvalue weighted by molar-refractivity contribution is 5.79. The molecule has 0 unspecified atom stereocenters. The van der Waals surface area contributed by atoms with Gasteiger partial charge in [0.1, 0.15) is 12.4 Å². The Kier molecular flexibility index (Phi) is 6.46. The second-order valence-corrected chi connectivity index (χ2v) is 5.11. The van der Waals surface area contributed by atoms with Crippen molar-refractivity contribution >= 4 is 5.96 Å². The molecule has 2 heterocycles. The highest BCUT2D eigenvalue weighted by Crippen LogP contribution is 2.14. The van der Waals surface area contributed by atoms with E-state index < -0.39 is 0 Å². The summed E-state index contributed by atoms with van der Waals surface area (Å²) in [5, 5.41) is 15.0. The quantitative estimate of drug-likeness (QED) is 0.459. The van der Waals surface area contributed by atoms with Crippen LogP contribution in [0, 0.1) is 0 Å². The summed E-state index contributed by atoms with van der Waals surface area (Å²) in [6.45, 7) is 5.84. The van der Waals surface area contributed by atoms with E-state index in [1.54, 1.807) is 7.11 Å². The minimum atomic E-state index is 0.551. The molecular formula is C14H26N6O. The van der Waals surface area contributed by atoms with E-state index in [1.165, 1.54) is 19.3 Å². The lowest BCUT2D eigenvalue weighted by Gasteiger charge is -2.11. The van der Waals surface area contributed by atoms with Gasteiger partial charge >= 0.3 is 0 Å². The molecule has 2 N–H and O–H groups in total. The van der Waals surface area contributed by atoms with Gasteiger partial charge in [0.05, 0.1) is 6.61 Å². The molecule has 7 heteroatoms. The van der Waals surface area contributed by atoms with Crippen molar-refractivity contribution in [1.82, 2.24) is 25.4 Å². The lowest BCUT2D eigenvalue weighted by molar-refractivity contribution is 0.203. The van der Waals surface area contributed by atoms with Crippen LogP contribution in [0.5, 0.6) is 0 Å². The minimum absolute atomic E-state index is 0.551. The van der Waals surface area contributed by atoms with Crippen LogP contribution in [0.15, 0.2) is 4.99 Å². The monoisotopic (exact) mass is 294 g/mol. The van der Waals surface area contributed by atoms with Crippen molar-refractivity contribution in [2.75, 3.05) is 26.8 Å². The van der Waals surface area contributed by atoms with E-state index in [0.29, 0.717) is 13.2 Å². The molecule has 0 aliphatic carbocycles. The number of aliphatic imine (C=N–C) groups is 1. The molecule has 0 atom stereocenters. The number of hydrogen-bond acceptors (Lipinski definition) is 4. The minimum Gasteiger partial charge on any atom is -0.383 e. The van der Waals surface area contributed by atoms with E-state index in [4.69, 9.17) is 4.74 Å². The zero-order chi connectivity index (χ0) is 14.9. The topological polar surface area (TPSA) is 76.4 Å². The maximum absolute atomic E-state index is 5.04. The van der Waals surface area contributed by atoms with Crippen molar-refractivity contribution in [1.29, 1.82) is 0 Å². The number of hydrogen-bond donors (Lipinski definition) is 2. The number of fused-ring (bicyclic) bond motifs is 1. The Morgan fingerprint density at radius 2 is 2.19 bits per heavy atom. The Morgan fingerprint density at radius 3 is 3.00 bits per heavy atom. The van der Waals surface area contributed by atoms with Crippen LogP contribution in [0.1, 0.15) is 37.8 Å². The Hall–Kier alpha value is -1.63. The van der Waals surface area contributed by atoms with Crippen LogP contribution in [-0.4, -0.2) is 47.5 Å². The predicted molar refractivity (Wildman–Crippen MR) is 82.3 cm³/mol. The normalized spacial score (nSPS) is 15.4. The van der Waals surface area contributed by atoms with Gasteiger partial charge in [-0.1, -0.05) is 6.42 Å². The molecule has 0 radical (unpaired) electrons. The molecule has 21 heavy (non-hydrogen) atoms. The summed E-state index contributed by atoms with van der Waals surface area (Å²) in [6.07, 6.45) is 4.71. The van der Waals surface area contributed by atoms with Crippen LogP contribution >= 0.6 is 0 Å². The Morgan fingerprint density at radius 1 is 1.29 bits per heavy atom. The molecule has 1 aromatic heterocycles. The zero-order valence-corrected chi connectivity index (χ0v) is 13.1. The van der Waals surface area contributed by atoms with Crippen LogP contribution in [0.4, 0.5) is 0 Å². The molecular weight excluding hydrogens is 268 g/mol. The lowest BCUT2D eigenvalue weighted by atomic mass is 10.2. The van der Waals surface area contributed by atoms with Crippen molar-refractivity contribution in [2.24, 2.45) is 4.99 Å². The largest absolute Gasteiger partial charge is 0.383 e. The van der Waals surface area contributed by atoms with Crippen molar-refractivity contribution in [2.45, 2.75) is 45.7 Å². The van der Waals surface area contributed by atoms with E-state index in [-0.39, 0.29) is 0 Å². The third-order valence-electron chi connectivity index (χ3n) is 3.51. The molecule has 7 nitrogen and oxygen atoms in total. The molecule has 2 rings (SSSR count). The van der Waals surface area contributed by atoms with Gasteiger partial charge in [0.25, 0.3) is 0 Å². The lowest BCUT2D eigenvalue weighted by Crippen LogP contribution is -2.38. The molecule has 0 aromatic carbocycles. The standard InChI is InChI=1S/C14H26N6O/c1-3-15-14(16-8-10-21-2)17-11-13-19-18-12-7-5-4-6-9-20(12)13/h3-11H2,1-2H3,(H2,15,16,17). The van der Waals surface area contributed by atoms with E-state index in [1.807, 2.05) is 0 Å². The molecule has 1 aromatic rings. The molecule has 0 fully saturated rings. The van der Waals surface area contributed by atoms with Crippen molar-refractivity contribution in [3.8, 4) is 0 Å². The Balaban J connectivity index is 1.98. The van der Waals surface area contributed by atoms with Gasteiger partial charge in [-0.25, -0.2) is 4.99 Å². The van der Waals surface area contributed by atoms with Gasteiger partial charge in [0, 0.05) is 33.2 Å². The van der Waals surface area contributed by atoms with Gasteiger partial charge in [-0.05, 0) is 19.8 Å². The summed E-state index contributed by atoms with van der Waals surface area (Å²) in [4.78, 5) is 4.58. The molecule has 0 spiro atoms. The SMILES string of the molecule is CCNC(=NCc1nnc2n1CCCCC2)NCCOC. The third kappa shape index (κ3) is 4.70. The first-order valence-electron chi connectivity index (χ1n) is 7.77. The van der Waals surface area contributed by atoms with Crippen LogP contribution in [0.2, 0.25) is 0 Å². The maximum Gasteiger partial charge on any atom is 0.191 e. The average molecular weight is 294 g/mol. The van der Waals surface area contributed by atoms with Crippen molar-refractivity contribution in [3.63, 3.8) is 0 Å². The van der Waals surface area contributed by atoms with Crippen molar-refractivity contribution < 1.29 is 4.74 Å². The Bertz CT molecular complexity index is 456. The summed E-state index contributed by atoms with van der Waals surface area (Å²) in [5.41, 5.74) is 0. The summed E-state index contributed by atoms with van der Waals surface area (Å²) >= 11 is 0. The molecule has 0 bridgehead atoms. The number of rotatable bonds is 6. The van der Waals surface area contributed by atoms with Crippen molar-refractivity contribution in [3.05, 3.63) is 11.6 Å². The van der Waals surface area contributed by atoms with Gasteiger partial charge < -0.3 is 19.9 Å². The van der Waals surface area contributed by atoms with E-state index in [0.717, 1.165) is 43.7 Å². The third-order valence-corrected chi connectivity index (χ3v) is 3.51. The number of nitrogens with zero attached hydrogens (tertiary/aromatic N) is 4. The molecule has 1 aliphatic rings.